The van der Waals surface area contributed by atoms with Crippen LogP contribution in [-0.2, 0) is 6.54 Å². The van der Waals surface area contributed by atoms with Gasteiger partial charge < -0.3 is 4.57 Å². The molecule has 3 rings (SSSR count). The zero-order valence-corrected chi connectivity index (χ0v) is 14.1. The Balaban J connectivity index is 2.01. The Kier molecular flexibility index (Phi) is 4.59. The van der Waals surface area contributed by atoms with E-state index in [9.17, 15) is 0 Å². The summed E-state index contributed by atoms with van der Waals surface area (Å²) in [5.41, 5.74) is 1.63. The van der Waals surface area contributed by atoms with Gasteiger partial charge in [0, 0.05) is 10.6 Å². The number of hydrogen-bond acceptors (Lipinski definition) is 2. The highest BCUT2D eigenvalue weighted by molar-refractivity contribution is 6.42. The van der Waals surface area contributed by atoms with E-state index in [-0.39, 0.29) is 0 Å². The SMILES string of the molecule is Clc1ccc(-c2nncn2Cc2cccc(Cl)c2Cl)c(Cl)c1. The molecule has 0 aliphatic heterocycles. The number of aromatic nitrogens is 3. The summed E-state index contributed by atoms with van der Waals surface area (Å²) in [6.45, 7) is 0.487. The van der Waals surface area contributed by atoms with Crippen molar-refractivity contribution < 1.29 is 0 Å². The van der Waals surface area contributed by atoms with Gasteiger partial charge in [-0.3, -0.25) is 0 Å². The lowest BCUT2D eigenvalue weighted by Gasteiger charge is -2.10. The minimum atomic E-state index is 0.487. The van der Waals surface area contributed by atoms with Crippen molar-refractivity contribution in [2.24, 2.45) is 0 Å². The Morgan fingerprint density at radius 1 is 0.955 bits per heavy atom. The van der Waals surface area contributed by atoms with E-state index in [2.05, 4.69) is 10.2 Å². The molecule has 3 aromatic rings. The molecule has 2 aromatic carbocycles. The largest absolute Gasteiger partial charge is 0.309 e. The normalized spacial score (nSPS) is 10.9. The summed E-state index contributed by atoms with van der Waals surface area (Å²) in [6.07, 6.45) is 1.62. The zero-order valence-electron chi connectivity index (χ0n) is 11.1. The number of hydrogen-bond donors (Lipinski definition) is 0. The quantitative estimate of drug-likeness (QED) is 0.598. The summed E-state index contributed by atoms with van der Waals surface area (Å²) in [6, 6.07) is 10.7. The third-order valence-corrected chi connectivity index (χ3v) is 4.57. The summed E-state index contributed by atoms with van der Waals surface area (Å²) in [5.74, 6) is 0.637. The summed E-state index contributed by atoms with van der Waals surface area (Å²) in [7, 11) is 0. The monoisotopic (exact) mass is 371 g/mol. The van der Waals surface area contributed by atoms with Crippen molar-refractivity contribution in [3.05, 3.63) is 68.4 Å². The molecule has 3 nitrogen and oxygen atoms in total. The number of nitrogens with zero attached hydrogens (tertiary/aromatic N) is 3. The molecular weight excluding hydrogens is 364 g/mol. The summed E-state index contributed by atoms with van der Waals surface area (Å²) in [4.78, 5) is 0. The van der Waals surface area contributed by atoms with Gasteiger partial charge in [-0.25, -0.2) is 0 Å². The molecule has 1 heterocycles. The fourth-order valence-corrected chi connectivity index (χ4v) is 2.98. The van der Waals surface area contributed by atoms with Crippen LogP contribution >= 0.6 is 46.4 Å². The molecule has 0 aliphatic carbocycles. The van der Waals surface area contributed by atoms with Gasteiger partial charge in [-0.2, -0.15) is 0 Å². The molecule has 112 valence electrons. The fraction of sp³-hybridized carbons (Fsp3) is 0.0667. The summed E-state index contributed by atoms with van der Waals surface area (Å²) >= 11 is 24.4. The van der Waals surface area contributed by atoms with Crippen LogP contribution < -0.4 is 0 Å². The van der Waals surface area contributed by atoms with Gasteiger partial charge >= 0.3 is 0 Å². The Morgan fingerprint density at radius 3 is 2.55 bits per heavy atom. The van der Waals surface area contributed by atoms with Gasteiger partial charge in [-0.15, -0.1) is 10.2 Å². The van der Waals surface area contributed by atoms with Crippen LogP contribution in [0.3, 0.4) is 0 Å². The Hall–Kier alpha value is -1.26. The first kappa shape index (κ1) is 15.6. The molecule has 1 aromatic heterocycles. The van der Waals surface area contributed by atoms with E-state index in [0.717, 1.165) is 11.1 Å². The van der Waals surface area contributed by atoms with E-state index >= 15 is 0 Å². The predicted octanol–water partition coefficient (Wildman–Crippen LogP) is 5.61. The van der Waals surface area contributed by atoms with Crippen LogP contribution in [0, 0.1) is 0 Å². The minimum absolute atomic E-state index is 0.487. The Morgan fingerprint density at radius 2 is 1.77 bits per heavy atom. The first-order valence-electron chi connectivity index (χ1n) is 6.32. The molecule has 0 radical (unpaired) electrons. The van der Waals surface area contributed by atoms with Gasteiger partial charge in [0.1, 0.15) is 6.33 Å². The van der Waals surface area contributed by atoms with Crippen molar-refractivity contribution >= 4 is 46.4 Å². The Bertz CT molecular complexity index is 829. The third kappa shape index (κ3) is 3.08. The first-order valence-corrected chi connectivity index (χ1v) is 7.83. The highest BCUT2D eigenvalue weighted by Crippen LogP contribution is 2.31. The third-order valence-electron chi connectivity index (χ3n) is 3.16. The summed E-state index contributed by atoms with van der Waals surface area (Å²) < 4.78 is 1.85. The van der Waals surface area contributed by atoms with Crippen molar-refractivity contribution in [2.75, 3.05) is 0 Å². The van der Waals surface area contributed by atoms with Gasteiger partial charge in [0.05, 0.1) is 21.6 Å². The van der Waals surface area contributed by atoms with Crippen molar-refractivity contribution in [1.82, 2.24) is 14.8 Å². The lowest BCUT2D eigenvalue weighted by atomic mass is 10.2. The molecule has 0 spiro atoms. The van der Waals surface area contributed by atoms with Crippen LogP contribution in [0.2, 0.25) is 20.1 Å². The average Bonchev–Trinajstić information content (AvgIpc) is 2.92. The van der Waals surface area contributed by atoms with E-state index in [4.69, 9.17) is 46.4 Å². The van der Waals surface area contributed by atoms with E-state index in [1.165, 1.54) is 0 Å². The van der Waals surface area contributed by atoms with Crippen molar-refractivity contribution in [1.29, 1.82) is 0 Å². The van der Waals surface area contributed by atoms with Crippen LogP contribution in [0.15, 0.2) is 42.7 Å². The second-order valence-corrected chi connectivity index (χ2v) is 6.25. The molecule has 0 N–H and O–H groups in total. The van der Waals surface area contributed by atoms with Crippen molar-refractivity contribution in [3.63, 3.8) is 0 Å². The molecule has 0 bridgehead atoms. The van der Waals surface area contributed by atoms with E-state index in [0.29, 0.717) is 32.5 Å². The molecule has 0 aliphatic rings. The van der Waals surface area contributed by atoms with Crippen molar-refractivity contribution in [3.8, 4) is 11.4 Å². The van der Waals surface area contributed by atoms with Gasteiger partial charge in [-0.05, 0) is 29.8 Å². The summed E-state index contributed by atoms with van der Waals surface area (Å²) in [5, 5.41) is 10.2. The highest BCUT2D eigenvalue weighted by Gasteiger charge is 2.13. The van der Waals surface area contributed by atoms with Crippen LogP contribution in [-0.4, -0.2) is 14.8 Å². The molecule has 22 heavy (non-hydrogen) atoms. The molecule has 0 amide bonds. The van der Waals surface area contributed by atoms with Crippen LogP contribution in [0.4, 0.5) is 0 Å². The van der Waals surface area contributed by atoms with Gasteiger partial charge in [0.2, 0.25) is 0 Å². The second-order valence-electron chi connectivity index (χ2n) is 4.62. The van der Waals surface area contributed by atoms with E-state index < -0.39 is 0 Å². The molecule has 0 atom stereocenters. The topological polar surface area (TPSA) is 30.7 Å². The van der Waals surface area contributed by atoms with Crippen LogP contribution in [0.1, 0.15) is 5.56 Å². The van der Waals surface area contributed by atoms with Crippen molar-refractivity contribution in [2.45, 2.75) is 6.54 Å². The Labute approximate surface area is 147 Å². The molecule has 0 saturated carbocycles. The number of rotatable bonds is 3. The average molecular weight is 373 g/mol. The first-order chi connectivity index (χ1) is 10.6. The lowest BCUT2D eigenvalue weighted by molar-refractivity contribution is 0.803. The standard InChI is InChI=1S/C15H9Cl4N3/c16-10-4-5-11(13(18)6-10)15-21-20-8-22(15)7-9-2-1-3-12(17)14(9)19/h1-6,8H,7H2. The fourth-order valence-electron chi connectivity index (χ4n) is 2.10. The number of halogens is 4. The molecule has 0 unspecified atom stereocenters. The number of benzene rings is 2. The smallest absolute Gasteiger partial charge is 0.165 e. The maximum Gasteiger partial charge on any atom is 0.165 e. The molecule has 0 fully saturated rings. The van der Waals surface area contributed by atoms with Crippen LogP contribution in [0.5, 0.6) is 0 Å². The maximum absolute atomic E-state index is 6.24. The molecule has 0 saturated heterocycles. The van der Waals surface area contributed by atoms with Gasteiger partial charge in [0.15, 0.2) is 5.82 Å². The van der Waals surface area contributed by atoms with E-state index in [1.807, 2.05) is 22.8 Å². The van der Waals surface area contributed by atoms with Gasteiger partial charge in [-0.1, -0.05) is 58.5 Å². The predicted molar refractivity (Wildman–Crippen MR) is 91.0 cm³/mol. The van der Waals surface area contributed by atoms with Crippen LogP contribution in [0.25, 0.3) is 11.4 Å². The molecule has 7 heteroatoms. The zero-order chi connectivity index (χ0) is 15.7. The lowest BCUT2D eigenvalue weighted by Crippen LogP contribution is -2.02. The maximum atomic E-state index is 6.24. The van der Waals surface area contributed by atoms with E-state index in [1.54, 1.807) is 24.5 Å². The highest BCUT2D eigenvalue weighted by atomic mass is 35.5. The second kappa shape index (κ2) is 6.47. The molecular formula is C15H9Cl4N3. The van der Waals surface area contributed by atoms with Gasteiger partial charge in [0.25, 0.3) is 0 Å². The minimum Gasteiger partial charge on any atom is -0.309 e.